The van der Waals surface area contributed by atoms with Gasteiger partial charge in [0.25, 0.3) is 0 Å². The van der Waals surface area contributed by atoms with E-state index in [2.05, 4.69) is 175 Å². The number of benzene rings is 4. The van der Waals surface area contributed by atoms with Crippen molar-refractivity contribution in [3.63, 3.8) is 0 Å². The lowest BCUT2D eigenvalue weighted by Crippen LogP contribution is -2.58. The molecule has 11 aliphatic heterocycles. The second-order valence-corrected chi connectivity index (χ2v) is 50.3. The number of ketones is 1. The van der Waals surface area contributed by atoms with Crippen molar-refractivity contribution in [2.75, 3.05) is 72.0 Å². The minimum absolute atomic E-state index is 0.268. The van der Waals surface area contributed by atoms with Gasteiger partial charge in [-0.15, -0.1) is 0 Å². The van der Waals surface area contributed by atoms with Crippen LogP contribution >= 0.6 is 0 Å². The summed E-state index contributed by atoms with van der Waals surface area (Å²) in [6.45, 7) is 22.4. The van der Waals surface area contributed by atoms with Crippen molar-refractivity contribution in [3.8, 4) is 0 Å². The standard InChI is InChI=1S/C32H47N5O.C32H46N4O.C31H44N4O.C26H37N3/c1-23(38)21-34-12-14-35(15-13-34)22-32-33-30-10-2-3-11-31(30)37(32)29-19-26-8-5-9-27(20-29)36(26)28-17-24-6-4-7-25(16-24)18-28;1-22(37)13-14-34-20-25(21-34)32-33-30-11-4-5-12-31(30)36(32)29-18-26-9-6-10-27(19-29)35(26)28-16-23-7-2-3-8-24(15-23)17-28;1-21(36)18-33-19-24(20-33)31-32-29-11-4-5-12-30(29)35(31)28-16-25-9-6-10-26(17-28)34(25)27-14-22-7-2-3-8-23(13-22)15-27;1-2-26-27-24-11-3-4-12-25(24)29(26)23-16-20-9-6-10-21(17-23)28(20)22-14-18-7-5-8-19(13-18)15-22/h2-3,10-11,24-29H,4-9,12-22H2,1H3;4-5,11-12,23-29,37H,1-3,6-10,13-21H2;4-5,11-12,22-28,36H,1-3,6-10,13-20H2;3-4,11-12,18-23H,2,5-10,13-17H2,1H3/t24-,25+,26-,27+,28?,29?;23-,24+,26-,27+,28?,29?;22-,23+,25-,26+,27?,28?;18-,19+,20-,21+,22?,23?. The zero-order valence-corrected chi connectivity index (χ0v) is 86.0. The van der Waals surface area contributed by atoms with Gasteiger partial charge in [0, 0.05) is 180 Å². The average Bonchev–Trinajstić information content (AvgIpc) is 1.66. The smallest absolute Gasteiger partial charge is 0.143 e. The minimum Gasteiger partial charge on any atom is -0.513 e. The first kappa shape index (κ1) is 95.4. The maximum atomic E-state index is 11.6. The fourth-order valence-corrected chi connectivity index (χ4v) is 35.7. The van der Waals surface area contributed by atoms with Gasteiger partial charge in [0.1, 0.15) is 29.1 Å². The molecule has 140 heavy (non-hydrogen) atoms. The van der Waals surface area contributed by atoms with Crippen molar-refractivity contribution in [3.05, 3.63) is 145 Å². The number of fused-ring (bicyclic) bond motifs is 20. The molecule has 4 aromatic heterocycles. The molecule has 8 aliphatic carbocycles. The highest BCUT2D eigenvalue weighted by molar-refractivity contribution is 5.79. The van der Waals surface area contributed by atoms with Gasteiger partial charge in [-0.2, -0.15) is 0 Å². The van der Waals surface area contributed by atoms with E-state index in [4.69, 9.17) is 19.9 Å². The molecule has 19 nitrogen and oxygen atoms in total. The molecule has 16 bridgehead atoms. The van der Waals surface area contributed by atoms with Crippen molar-refractivity contribution in [2.45, 2.75) is 437 Å². The number of piperidine rings is 8. The van der Waals surface area contributed by atoms with Crippen LogP contribution in [0.15, 0.2) is 122 Å². The van der Waals surface area contributed by atoms with Crippen LogP contribution in [0.2, 0.25) is 0 Å². The van der Waals surface area contributed by atoms with E-state index in [1.54, 1.807) is 13.3 Å². The summed E-state index contributed by atoms with van der Waals surface area (Å²) in [6, 6.07) is 47.2. The molecule has 756 valence electrons. The molecule has 2 N–H and O–H groups in total. The van der Waals surface area contributed by atoms with E-state index >= 15 is 0 Å². The molecular weight excluding hydrogens is 1730 g/mol. The third-order valence-electron chi connectivity index (χ3n) is 41.0. The number of hydrogen-bond acceptors (Lipinski definition) is 15. The van der Waals surface area contributed by atoms with E-state index in [0.717, 1.165) is 203 Å². The Morgan fingerprint density at radius 1 is 0.300 bits per heavy atom. The van der Waals surface area contributed by atoms with Gasteiger partial charge in [-0.25, -0.2) is 19.9 Å². The lowest BCUT2D eigenvalue weighted by Gasteiger charge is -2.55. The number of rotatable bonds is 20. The molecule has 0 radical (unpaired) electrons. The topological polar surface area (TPSA) is 155 Å². The average molecular weight is 1900 g/mol. The van der Waals surface area contributed by atoms with Gasteiger partial charge in [-0.3, -0.25) is 39.1 Å². The Morgan fingerprint density at radius 3 is 0.914 bits per heavy atom. The van der Waals surface area contributed by atoms with Gasteiger partial charge in [0.05, 0.1) is 75.3 Å². The molecule has 19 heteroatoms. The van der Waals surface area contributed by atoms with Gasteiger partial charge in [0.2, 0.25) is 0 Å². The summed E-state index contributed by atoms with van der Waals surface area (Å²) in [5, 5.41) is 19.2. The normalized spacial score (nSPS) is 35.8. The first-order valence-electron chi connectivity index (χ1n) is 58.7. The highest BCUT2D eigenvalue weighted by Crippen LogP contribution is 2.56. The predicted molar refractivity (Wildman–Crippen MR) is 566 cm³/mol. The Bertz CT molecular complexity index is 5460. The second kappa shape index (κ2) is 42.2. The van der Waals surface area contributed by atoms with E-state index in [9.17, 15) is 15.0 Å². The summed E-state index contributed by atoms with van der Waals surface area (Å²) in [6.07, 6.45) is 67.9. The largest absolute Gasteiger partial charge is 0.513 e. The Morgan fingerprint density at radius 2 is 0.586 bits per heavy atom. The Balaban J connectivity index is 0.000000102. The molecular formula is C121H174N16O3. The highest BCUT2D eigenvalue weighted by Gasteiger charge is 2.53. The van der Waals surface area contributed by atoms with Gasteiger partial charge < -0.3 is 33.4 Å². The van der Waals surface area contributed by atoms with Crippen molar-refractivity contribution in [1.29, 1.82) is 0 Å². The van der Waals surface area contributed by atoms with Crippen LogP contribution in [0.3, 0.4) is 0 Å². The third kappa shape index (κ3) is 20.2. The molecule has 8 unspecified atom stereocenters. The first-order valence-corrected chi connectivity index (χ1v) is 58.7. The maximum absolute atomic E-state index is 11.6. The quantitative estimate of drug-likeness (QED) is 0.0695. The number of piperazine rings is 1. The Labute approximate surface area is 838 Å². The van der Waals surface area contributed by atoms with E-state index < -0.39 is 0 Å². The van der Waals surface area contributed by atoms with Crippen LogP contribution in [-0.4, -0.2) is 238 Å². The van der Waals surface area contributed by atoms with Crippen LogP contribution in [0, 0.1) is 47.3 Å². The molecule has 27 rings (SSSR count). The van der Waals surface area contributed by atoms with Crippen molar-refractivity contribution < 1.29 is 15.0 Å². The molecule has 0 amide bonds. The molecule has 8 saturated carbocycles. The number of Topliss-reactive ketones (excluding diaryl/α,β-unsaturated/α-hetero) is 1. The van der Waals surface area contributed by atoms with E-state index in [1.807, 2.05) is 0 Å². The predicted octanol–water partition coefficient (Wildman–Crippen LogP) is 24.6. The van der Waals surface area contributed by atoms with E-state index in [-0.39, 0.29) is 11.5 Å². The molecule has 4 aromatic carbocycles. The van der Waals surface area contributed by atoms with Crippen LogP contribution in [0.25, 0.3) is 44.1 Å². The monoisotopic (exact) mass is 1900 g/mol. The number of aliphatic hydroxyl groups excluding tert-OH is 2. The third-order valence-corrected chi connectivity index (χ3v) is 41.0. The Kier molecular flexibility index (Phi) is 28.8. The summed E-state index contributed by atoms with van der Waals surface area (Å²) in [7, 11) is 0. The Hall–Kier alpha value is -6.81. The number of aliphatic hydroxyl groups is 2. The number of aromatic nitrogens is 8. The van der Waals surface area contributed by atoms with Crippen molar-refractivity contribution in [1.82, 2.24) is 77.4 Å². The molecule has 19 aliphatic rings. The summed E-state index contributed by atoms with van der Waals surface area (Å²) in [5.74, 6) is 15.0. The van der Waals surface area contributed by atoms with Gasteiger partial charge in [0.15, 0.2) is 0 Å². The summed E-state index contributed by atoms with van der Waals surface area (Å²) < 4.78 is 10.7. The van der Waals surface area contributed by atoms with Gasteiger partial charge in [-0.1, -0.05) is 184 Å². The number of carbonyl (C=O) groups is 1. The number of carbonyl (C=O) groups excluding carboxylic acids is 1. The molecule has 11 saturated heterocycles. The number of nitrogens with zero attached hydrogens (tertiary/aromatic N) is 16. The number of aryl methyl sites for hydroxylation is 1. The van der Waals surface area contributed by atoms with Crippen molar-refractivity contribution >= 4 is 49.9 Å². The lowest BCUT2D eigenvalue weighted by molar-refractivity contribution is -0.118. The zero-order chi connectivity index (χ0) is 94.2. The van der Waals surface area contributed by atoms with Crippen molar-refractivity contribution in [2.24, 2.45) is 47.3 Å². The van der Waals surface area contributed by atoms with Crippen LogP contribution < -0.4 is 0 Å². The summed E-state index contributed by atoms with van der Waals surface area (Å²) in [4.78, 5) is 54.2. The van der Waals surface area contributed by atoms with Crippen LogP contribution in [-0.2, 0) is 17.8 Å². The number of para-hydroxylation sites is 8. The lowest BCUT2D eigenvalue weighted by atomic mass is 9.68. The van der Waals surface area contributed by atoms with Crippen LogP contribution in [0.5, 0.6) is 0 Å². The zero-order valence-electron chi connectivity index (χ0n) is 86.0. The molecule has 8 aromatic rings. The van der Waals surface area contributed by atoms with E-state index in [0.29, 0.717) is 61.3 Å². The molecule has 24 atom stereocenters. The summed E-state index contributed by atoms with van der Waals surface area (Å²) in [5.41, 5.74) is 10.1. The van der Waals surface area contributed by atoms with E-state index in [1.165, 1.54) is 345 Å². The number of hydrogen-bond donors (Lipinski definition) is 2. The molecule has 0 spiro atoms. The minimum atomic E-state index is 0.268. The molecule has 15 heterocycles. The fourth-order valence-electron chi connectivity index (χ4n) is 35.7. The summed E-state index contributed by atoms with van der Waals surface area (Å²) >= 11 is 0. The van der Waals surface area contributed by atoms with Gasteiger partial charge in [-0.05, 0) is 283 Å². The second-order valence-electron chi connectivity index (χ2n) is 50.3. The SMILES string of the molecule is C=C(O)CCN1CC(c2nc3ccccc3n2C2C[C@H]3CCC[C@@H](C2)N3C2C[C@H]3CCCC[C@@H](C2)C3)C1.C=C(O)CN1CC(c2nc3ccccc3n2C2C[C@H]3CCC[C@@H](C2)N3C2C[C@H]3CCCC[C@@H](C2)C3)C1.CC(=O)CN1CCN(Cc2nc3ccccc3n2C2C[C@H]3CCC[C@@H](C2)N3C2C[C@H]3CCC[C@@H](C2)C3)CC1.CCc1nc2ccccc2n1C1C[C@H]2CCC[C@@H](C1)N2C1C[C@H]2CCC[C@@H](C1)C2. The maximum Gasteiger partial charge on any atom is 0.143 e. The fraction of sp³-hybridized carbons (Fsp3) is 0.727. The van der Waals surface area contributed by atoms with Crippen LogP contribution in [0.4, 0.5) is 0 Å². The molecule has 19 fully saturated rings. The van der Waals surface area contributed by atoms with Gasteiger partial charge >= 0.3 is 0 Å². The van der Waals surface area contributed by atoms with Crippen LogP contribution in [0.1, 0.15) is 375 Å². The number of likely N-dealkylation sites (tertiary alicyclic amines) is 2. The first-order chi connectivity index (χ1) is 68.6. The number of imidazole rings is 4. The highest BCUT2D eigenvalue weighted by atomic mass is 16.3.